The Morgan fingerprint density at radius 2 is 1.89 bits per heavy atom. The van der Waals surface area contributed by atoms with Crippen LogP contribution in [0, 0.1) is 5.41 Å². The van der Waals surface area contributed by atoms with Crippen LogP contribution >= 0.6 is 0 Å². The number of benzene rings is 1. The molecule has 0 spiro atoms. The van der Waals surface area contributed by atoms with E-state index in [1.54, 1.807) is 6.07 Å². The van der Waals surface area contributed by atoms with Gasteiger partial charge >= 0.3 is 6.36 Å². The molecule has 19 heavy (non-hydrogen) atoms. The smallest absolute Gasteiger partial charge is 0.405 e. The maximum atomic E-state index is 12.4. The number of fused-ring (bicyclic) bond motifs is 1. The minimum atomic E-state index is -4.64. The number of ether oxygens (including phenoxy) is 1. The van der Waals surface area contributed by atoms with E-state index in [1.165, 1.54) is 6.07 Å². The second-order valence-electron chi connectivity index (χ2n) is 5.87. The fraction of sp³-hybridized carbons (Fsp3) is 0.571. The van der Waals surface area contributed by atoms with Crippen LogP contribution < -0.4 is 10.1 Å². The van der Waals surface area contributed by atoms with Crippen molar-refractivity contribution in [2.45, 2.75) is 39.6 Å². The van der Waals surface area contributed by atoms with Crippen LogP contribution in [0.4, 0.5) is 13.2 Å². The van der Waals surface area contributed by atoms with E-state index in [1.807, 2.05) is 6.07 Å². The van der Waals surface area contributed by atoms with E-state index in [9.17, 15) is 13.2 Å². The van der Waals surface area contributed by atoms with Gasteiger partial charge in [0.1, 0.15) is 5.75 Å². The Hall–Kier alpha value is -1.23. The maximum absolute atomic E-state index is 12.4. The van der Waals surface area contributed by atoms with Crippen molar-refractivity contribution in [1.82, 2.24) is 5.32 Å². The first-order valence-corrected chi connectivity index (χ1v) is 6.29. The first kappa shape index (κ1) is 14.2. The van der Waals surface area contributed by atoms with E-state index >= 15 is 0 Å². The highest BCUT2D eigenvalue weighted by atomic mass is 19.4. The van der Waals surface area contributed by atoms with Gasteiger partial charge in [-0.25, -0.2) is 0 Å². The van der Waals surface area contributed by atoms with Crippen LogP contribution in [0.1, 0.15) is 37.9 Å². The molecule has 1 N–H and O–H groups in total. The lowest BCUT2D eigenvalue weighted by molar-refractivity contribution is -0.274. The third-order valence-corrected chi connectivity index (χ3v) is 3.30. The Morgan fingerprint density at radius 1 is 1.21 bits per heavy atom. The number of hydrogen-bond acceptors (Lipinski definition) is 2. The summed E-state index contributed by atoms with van der Waals surface area (Å²) in [5.41, 5.74) is 1.51. The normalized spacial score (nSPS) is 20.0. The van der Waals surface area contributed by atoms with E-state index in [4.69, 9.17) is 0 Å². The van der Waals surface area contributed by atoms with Crippen molar-refractivity contribution < 1.29 is 17.9 Å². The lowest BCUT2D eigenvalue weighted by atomic mass is 9.78. The lowest BCUT2D eigenvalue weighted by Crippen LogP contribution is -2.38. The highest BCUT2D eigenvalue weighted by molar-refractivity contribution is 5.44. The maximum Gasteiger partial charge on any atom is 0.573 e. The lowest BCUT2D eigenvalue weighted by Gasteiger charge is -2.37. The molecule has 1 aromatic rings. The minimum Gasteiger partial charge on any atom is -0.405 e. The highest BCUT2D eigenvalue weighted by Crippen LogP contribution is 2.40. The van der Waals surface area contributed by atoms with Gasteiger partial charge in [-0.2, -0.15) is 0 Å². The third-order valence-electron chi connectivity index (χ3n) is 3.30. The Morgan fingerprint density at radius 3 is 2.47 bits per heavy atom. The molecule has 0 fully saturated rings. The molecule has 2 rings (SSSR count). The Balaban J connectivity index is 2.42. The molecule has 0 aromatic heterocycles. The average molecular weight is 273 g/mol. The molecular formula is C14H18F3NO. The second-order valence-corrected chi connectivity index (χ2v) is 5.87. The average Bonchev–Trinajstić information content (AvgIpc) is 2.25. The molecule has 1 heterocycles. The first-order chi connectivity index (χ1) is 8.68. The molecular weight excluding hydrogens is 255 g/mol. The van der Waals surface area contributed by atoms with Crippen LogP contribution in [0.2, 0.25) is 0 Å². The predicted octanol–water partition coefficient (Wildman–Crippen LogP) is 3.82. The van der Waals surface area contributed by atoms with Gasteiger partial charge in [0.25, 0.3) is 0 Å². The topological polar surface area (TPSA) is 21.3 Å². The summed E-state index contributed by atoms with van der Waals surface area (Å²) in [7, 11) is 0. The van der Waals surface area contributed by atoms with Crippen molar-refractivity contribution >= 4 is 0 Å². The molecule has 0 bridgehead atoms. The van der Waals surface area contributed by atoms with E-state index < -0.39 is 6.36 Å². The summed E-state index contributed by atoms with van der Waals surface area (Å²) in [5, 5.41) is 3.37. The Bertz CT molecular complexity index is 463. The molecule has 1 aliphatic rings. The molecule has 106 valence electrons. The van der Waals surface area contributed by atoms with E-state index in [0.29, 0.717) is 18.5 Å². The van der Waals surface area contributed by atoms with Gasteiger partial charge in [-0.15, -0.1) is 13.2 Å². The van der Waals surface area contributed by atoms with Crippen LogP contribution in [0.15, 0.2) is 18.2 Å². The Kier molecular flexibility index (Phi) is 3.51. The van der Waals surface area contributed by atoms with Gasteiger partial charge in [-0.1, -0.05) is 32.9 Å². The predicted molar refractivity (Wildman–Crippen MR) is 67.0 cm³/mol. The van der Waals surface area contributed by atoms with E-state index in [2.05, 4.69) is 30.8 Å². The molecule has 0 saturated carbocycles. The van der Waals surface area contributed by atoms with Crippen LogP contribution in [0.3, 0.4) is 0 Å². The van der Waals surface area contributed by atoms with Crippen LogP contribution in [0.25, 0.3) is 0 Å². The molecule has 0 radical (unpaired) electrons. The second kappa shape index (κ2) is 4.71. The SMILES string of the molecule is CC(C)(C)C1NCCc2c(OC(F)(F)F)cccc21. The highest BCUT2D eigenvalue weighted by Gasteiger charge is 2.35. The molecule has 2 nitrogen and oxygen atoms in total. The van der Waals surface area contributed by atoms with Crippen LogP contribution in [-0.4, -0.2) is 12.9 Å². The van der Waals surface area contributed by atoms with Gasteiger partial charge in [0.05, 0.1) is 0 Å². The molecule has 1 atom stereocenters. The standard InChI is InChI=1S/C14H18F3NO/c1-13(2,3)12-10-5-4-6-11(19-14(15,16)17)9(10)7-8-18-12/h4-6,12,18H,7-8H2,1-3H3. The summed E-state index contributed by atoms with van der Waals surface area (Å²) < 4.78 is 41.3. The van der Waals surface area contributed by atoms with Crippen molar-refractivity contribution in [3.05, 3.63) is 29.3 Å². The van der Waals surface area contributed by atoms with Gasteiger partial charge in [-0.3, -0.25) is 0 Å². The largest absolute Gasteiger partial charge is 0.573 e. The fourth-order valence-corrected chi connectivity index (χ4v) is 2.57. The Labute approximate surface area is 111 Å². The summed E-state index contributed by atoms with van der Waals surface area (Å²) in [5.74, 6) is -0.0687. The fourth-order valence-electron chi connectivity index (χ4n) is 2.57. The summed E-state index contributed by atoms with van der Waals surface area (Å²) in [6.45, 7) is 6.86. The number of alkyl halides is 3. The summed E-state index contributed by atoms with van der Waals surface area (Å²) in [6.07, 6.45) is -4.09. The van der Waals surface area contributed by atoms with Gasteiger partial charge in [0.15, 0.2) is 0 Å². The van der Waals surface area contributed by atoms with Crippen molar-refractivity contribution in [2.75, 3.05) is 6.54 Å². The molecule has 5 heteroatoms. The van der Waals surface area contributed by atoms with Crippen molar-refractivity contribution in [3.63, 3.8) is 0 Å². The van der Waals surface area contributed by atoms with Gasteiger partial charge in [0.2, 0.25) is 0 Å². The van der Waals surface area contributed by atoms with Crippen LogP contribution in [-0.2, 0) is 6.42 Å². The zero-order chi connectivity index (χ0) is 14.3. The summed E-state index contributed by atoms with van der Waals surface area (Å²) in [4.78, 5) is 0. The van der Waals surface area contributed by atoms with E-state index in [0.717, 1.165) is 5.56 Å². The monoisotopic (exact) mass is 273 g/mol. The molecule has 0 saturated heterocycles. The number of rotatable bonds is 1. The third kappa shape index (κ3) is 3.21. The number of nitrogens with one attached hydrogen (secondary N) is 1. The summed E-state index contributed by atoms with van der Waals surface area (Å²) in [6, 6.07) is 4.91. The number of halogens is 3. The van der Waals surface area contributed by atoms with E-state index in [-0.39, 0.29) is 17.2 Å². The summed E-state index contributed by atoms with van der Waals surface area (Å²) >= 11 is 0. The molecule has 1 aliphatic heterocycles. The van der Waals surface area contributed by atoms with Gasteiger partial charge < -0.3 is 10.1 Å². The first-order valence-electron chi connectivity index (χ1n) is 6.29. The van der Waals surface area contributed by atoms with Crippen molar-refractivity contribution in [2.24, 2.45) is 5.41 Å². The van der Waals surface area contributed by atoms with Crippen molar-refractivity contribution in [3.8, 4) is 5.75 Å². The zero-order valence-corrected chi connectivity index (χ0v) is 11.3. The molecule has 1 aromatic carbocycles. The molecule has 0 aliphatic carbocycles. The van der Waals surface area contributed by atoms with Crippen LogP contribution in [0.5, 0.6) is 5.75 Å². The van der Waals surface area contributed by atoms with Gasteiger partial charge in [-0.05, 0) is 30.0 Å². The zero-order valence-electron chi connectivity index (χ0n) is 11.3. The van der Waals surface area contributed by atoms with Crippen molar-refractivity contribution in [1.29, 1.82) is 0 Å². The quantitative estimate of drug-likeness (QED) is 0.840. The van der Waals surface area contributed by atoms with Gasteiger partial charge in [0, 0.05) is 11.6 Å². The molecule has 1 unspecified atom stereocenters. The minimum absolute atomic E-state index is 0.0352. The number of hydrogen-bond donors (Lipinski definition) is 1. The molecule has 0 amide bonds.